The first-order valence-electron chi connectivity index (χ1n) is 7.38. The molecule has 0 saturated carbocycles. The molecule has 1 fully saturated rings. The van der Waals surface area contributed by atoms with Crippen molar-refractivity contribution in [2.45, 2.75) is 44.8 Å². The Kier molecular flexibility index (Phi) is 5.01. The van der Waals surface area contributed by atoms with E-state index in [1.54, 1.807) is 16.7 Å². The number of likely N-dealkylation sites (N-methyl/N-ethyl adjacent to an activating group) is 1. The average molecular weight is 311 g/mol. The van der Waals surface area contributed by atoms with Crippen LogP contribution < -0.4 is 0 Å². The zero-order valence-corrected chi connectivity index (χ0v) is 14.0. The minimum absolute atomic E-state index is 0.00481. The molecule has 1 aromatic rings. The van der Waals surface area contributed by atoms with Gasteiger partial charge in [-0.05, 0) is 51.4 Å². The van der Waals surface area contributed by atoms with Gasteiger partial charge in [-0.2, -0.15) is 4.31 Å². The maximum absolute atomic E-state index is 12.1. The third kappa shape index (κ3) is 3.81. The lowest BCUT2D eigenvalue weighted by molar-refractivity contribution is 0.164. The molecule has 0 aliphatic carbocycles. The van der Waals surface area contributed by atoms with E-state index in [2.05, 4.69) is 30.8 Å². The van der Waals surface area contributed by atoms with Crippen molar-refractivity contribution in [2.24, 2.45) is 0 Å². The number of nitrogens with zero attached hydrogens (tertiary/aromatic N) is 3. The Hall–Kier alpha value is -0.980. The fourth-order valence-corrected chi connectivity index (χ4v) is 4.22. The Balaban J connectivity index is 2.27. The van der Waals surface area contributed by atoms with Gasteiger partial charge in [0.05, 0.1) is 6.26 Å². The zero-order chi connectivity index (χ0) is 15.6. The van der Waals surface area contributed by atoms with Crippen LogP contribution in [0.25, 0.3) is 0 Å². The summed E-state index contributed by atoms with van der Waals surface area (Å²) in [5, 5.41) is 0. The van der Waals surface area contributed by atoms with E-state index in [0.29, 0.717) is 12.6 Å². The van der Waals surface area contributed by atoms with Crippen LogP contribution in [0.5, 0.6) is 0 Å². The minimum atomic E-state index is -3.17. The summed E-state index contributed by atoms with van der Waals surface area (Å²) in [6.07, 6.45) is 6.45. The van der Waals surface area contributed by atoms with Crippen molar-refractivity contribution in [1.29, 1.82) is 0 Å². The molecule has 5 nitrogen and oxygen atoms in total. The first-order chi connectivity index (χ1) is 9.80. The minimum Gasteiger partial charge on any atom is -0.299 e. The molecule has 21 heavy (non-hydrogen) atoms. The molecule has 0 spiro atoms. The normalized spacial score (nSPS) is 24.1. The van der Waals surface area contributed by atoms with E-state index >= 15 is 0 Å². The molecule has 118 valence electrons. The lowest BCUT2D eigenvalue weighted by atomic mass is 9.99. The highest BCUT2D eigenvalue weighted by Gasteiger charge is 2.41. The molecule has 2 heterocycles. The van der Waals surface area contributed by atoms with E-state index in [-0.39, 0.29) is 12.1 Å². The highest BCUT2D eigenvalue weighted by molar-refractivity contribution is 7.88. The van der Waals surface area contributed by atoms with Crippen LogP contribution in [0, 0.1) is 0 Å². The van der Waals surface area contributed by atoms with Gasteiger partial charge in [0.15, 0.2) is 0 Å². The molecular weight excluding hydrogens is 286 g/mol. The van der Waals surface area contributed by atoms with Crippen LogP contribution in [0.4, 0.5) is 0 Å². The van der Waals surface area contributed by atoms with Crippen LogP contribution in [0.2, 0.25) is 0 Å². The second kappa shape index (κ2) is 6.42. The van der Waals surface area contributed by atoms with E-state index in [1.165, 1.54) is 6.26 Å². The lowest BCUT2D eigenvalue weighted by Gasteiger charge is -2.34. The average Bonchev–Trinajstić information content (AvgIpc) is 2.82. The Morgan fingerprint density at radius 3 is 2.52 bits per heavy atom. The maximum Gasteiger partial charge on any atom is 0.211 e. The molecule has 6 heteroatoms. The lowest BCUT2D eigenvalue weighted by Crippen LogP contribution is -2.48. The van der Waals surface area contributed by atoms with E-state index in [0.717, 1.165) is 18.4 Å². The third-order valence-electron chi connectivity index (χ3n) is 4.42. The summed E-state index contributed by atoms with van der Waals surface area (Å²) in [6, 6.07) is 4.58. The maximum atomic E-state index is 12.1. The van der Waals surface area contributed by atoms with Gasteiger partial charge >= 0.3 is 0 Å². The van der Waals surface area contributed by atoms with Crippen molar-refractivity contribution in [1.82, 2.24) is 14.2 Å². The monoisotopic (exact) mass is 311 g/mol. The van der Waals surface area contributed by atoms with Crippen molar-refractivity contribution in [2.75, 3.05) is 19.8 Å². The van der Waals surface area contributed by atoms with Gasteiger partial charge in [0.25, 0.3) is 0 Å². The van der Waals surface area contributed by atoms with E-state index in [4.69, 9.17) is 0 Å². The van der Waals surface area contributed by atoms with Gasteiger partial charge in [0.1, 0.15) is 0 Å². The fourth-order valence-electron chi connectivity index (χ4n) is 3.08. The predicted octanol–water partition coefficient (Wildman–Crippen LogP) is 1.37. The molecular formula is C15H25N3O2S. The van der Waals surface area contributed by atoms with Crippen LogP contribution in [-0.2, 0) is 16.4 Å². The van der Waals surface area contributed by atoms with Gasteiger partial charge in [0.2, 0.25) is 10.0 Å². The number of hydrogen-bond donors (Lipinski definition) is 0. The summed E-state index contributed by atoms with van der Waals surface area (Å²) >= 11 is 0. The second-order valence-corrected chi connectivity index (χ2v) is 8.05. The van der Waals surface area contributed by atoms with Gasteiger partial charge in [-0.1, -0.05) is 0 Å². The van der Waals surface area contributed by atoms with E-state index < -0.39 is 10.0 Å². The molecule has 0 amide bonds. The first kappa shape index (κ1) is 16.4. The number of pyridine rings is 1. The summed E-state index contributed by atoms with van der Waals surface area (Å²) in [5.74, 6) is 0. The van der Waals surface area contributed by atoms with Crippen LogP contribution >= 0.6 is 0 Å². The van der Waals surface area contributed by atoms with Crippen LogP contribution in [0.1, 0.15) is 25.8 Å². The Labute approximate surface area is 128 Å². The summed E-state index contributed by atoms with van der Waals surface area (Å²) < 4.78 is 25.8. The van der Waals surface area contributed by atoms with Crippen molar-refractivity contribution >= 4 is 10.0 Å². The van der Waals surface area contributed by atoms with Crippen LogP contribution in [0.3, 0.4) is 0 Å². The van der Waals surface area contributed by atoms with Gasteiger partial charge in [-0.25, -0.2) is 8.42 Å². The standard InChI is InChI=1S/C15H25N3O2S/c1-12(2)17(3)14-7-10-18(21(4,19)20)15(14)11-13-5-8-16-9-6-13/h5-6,8-9,12,14-15H,7,10-11H2,1-4H3/t14-,15+/m1/s1. The molecule has 0 unspecified atom stereocenters. The SMILES string of the molecule is CC(C)N(C)[C@@H]1CCN(S(C)(=O)=O)[C@H]1Cc1ccncc1. The number of sulfonamides is 1. The molecule has 1 aliphatic rings. The zero-order valence-electron chi connectivity index (χ0n) is 13.2. The van der Waals surface area contributed by atoms with Gasteiger partial charge in [0, 0.05) is 37.1 Å². The Bertz CT molecular complexity index is 560. The van der Waals surface area contributed by atoms with E-state index in [9.17, 15) is 8.42 Å². The summed E-state index contributed by atoms with van der Waals surface area (Å²) in [5.41, 5.74) is 1.13. The van der Waals surface area contributed by atoms with Gasteiger partial charge in [-0.15, -0.1) is 0 Å². The Morgan fingerprint density at radius 2 is 2.00 bits per heavy atom. The molecule has 1 aliphatic heterocycles. The molecule has 2 rings (SSSR count). The van der Waals surface area contributed by atoms with Crippen molar-refractivity contribution in [3.8, 4) is 0 Å². The van der Waals surface area contributed by atoms with Gasteiger partial charge in [-0.3, -0.25) is 9.88 Å². The number of aromatic nitrogens is 1. The Morgan fingerprint density at radius 1 is 1.38 bits per heavy atom. The molecule has 1 saturated heterocycles. The highest BCUT2D eigenvalue weighted by Crippen LogP contribution is 2.28. The number of rotatable bonds is 5. The van der Waals surface area contributed by atoms with Crippen molar-refractivity contribution in [3.63, 3.8) is 0 Å². The summed E-state index contributed by atoms with van der Waals surface area (Å²) in [6.45, 7) is 4.90. The van der Waals surface area contributed by atoms with Crippen LogP contribution in [0.15, 0.2) is 24.5 Å². The second-order valence-electron chi connectivity index (χ2n) is 6.12. The van der Waals surface area contributed by atoms with Crippen molar-refractivity contribution in [3.05, 3.63) is 30.1 Å². The first-order valence-corrected chi connectivity index (χ1v) is 9.23. The number of hydrogen-bond acceptors (Lipinski definition) is 4. The smallest absolute Gasteiger partial charge is 0.211 e. The van der Waals surface area contributed by atoms with Gasteiger partial charge < -0.3 is 0 Å². The molecule has 0 radical (unpaired) electrons. The van der Waals surface area contributed by atoms with Crippen molar-refractivity contribution < 1.29 is 8.42 Å². The summed E-state index contributed by atoms with van der Waals surface area (Å²) in [7, 11) is -1.09. The molecule has 0 N–H and O–H groups in total. The summed E-state index contributed by atoms with van der Waals surface area (Å²) in [4.78, 5) is 6.32. The highest BCUT2D eigenvalue weighted by atomic mass is 32.2. The molecule has 0 bridgehead atoms. The third-order valence-corrected chi connectivity index (χ3v) is 5.72. The van der Waals surface area contributed by atoms with Crippen LogP contribution in [-0.4, -0.2) is 60.6 Å². The van der Waals surface area contributed by atoms with E-state index in [1.807, 2.05) is 12.1 Å². The quantitative estimate of drug-likeness (QED) is 0.824. The fraction of sp³-hybridized carbons (Fsp3) is 0.667. The topological polar surface area (TPSA) is 53.5 Å². The molecule has 0 aromatic carbocycles. The predicted molar refractivity (Wildman–Crippen MR) is 84.6 cm³/mol. The molecule has 2 atom stereocenters. The largest absolute Gasteiger partial charge is 0.299 e. The molecule has 1 aromatic heterocycles.